The van der Waals surface area contributed by atoms with Gasteiger partial charge in [-0.25, -0.2) is 13.4 Å². The number of hydrogen-bond donors (Lipinski definition) is 2. The molecule has 36 heavy (non-hydrogen) atoms. The molecule has 2 aromatic carbocycles. The van der Waals surface area contributed by atoms with Crippen molar-refractivity contribution in [2.24, 2.45) is 10.7 Å². The first-order valence-electron chi connectivity index (χ1n) is 11.0. The second-order valence-corrected chi connectivity index (χ2v) is 9.52. The summed E-state index contributed by atoms with van der Waals surface area (Å²) in [5.74, 6) is 0.910. The van der Waals surface area contributed by atoms with E-state index in [9.17, 15) is 8.42 Å². The van der Waals surface area contributed by atoms with Crippen LogP contribution in [-0.2, 0) is 10.0 Å². The molecule has 0 unspecified atom stereocenters. The Morgan fingerprint density at radius 3 is 2.64 bits per heavy atom. The Morgan fingerprint density at radius 2 is 1.83 bits per heavy atom. The van der Waals surface area contributed by atoms with E-state index in [1.165, 1.54) is 24.5 Å². The van der Waals surface area contributed by atoms with Gasteiger partial charge >= 0.3 is 0 Å². The summed E-state index contributed by atoms with van der Waals surface area (Å²) in [5.41, 5.74) is 10.1. The van der Waals surface area contributed by atoms with Crippen molar-refractivity contribution in [3.05, 3.63) is 72.9 Å². The molecule has 0 aliphatic carbocycles. The lowest BCUT2D eigenvalue weighted by Crippen LogP contribution is -2.17. The molecule has 0 bridgehead atoms. The van der Waals surface area contributed by atoms with E-state index in [1.54, 1.807) is 37.8 Å². The molecule has 4 aromatic rings. The normalized spacial score (nSPS) is 13.8. The van der Waals surface area contributed by atoms with Crippen LogP contribution in [0.2, 0.25) is 0 Å². The molecule has 0 saturated carbocycles. The minimum absolute atomic E-state index is 0.0602. The third-order valence-electron chi connectivity index (χ3n) is 5.43. The predicted octanol–water partition coefficient (Wildman–Crippen LogP) is 3.26. The molecule has 1 aliphatic rings. The van der Waals surface area contributed by atoms with E-state index in [-0.39, 0.29) is 4.90 Å². The molecule has 0 saturated heterocycles. The predicted molar refractivity (Wildman–Crippen MR) is 138 cm³/mol. The molecule has 10 nitrogen and oxygen atoms in total. The fourth-order valence-electron chi connectivity index (χ4n) is 3.72. The number of pyridine rings is 1. The number of aliphatic imine (C=N–C) groups is 1. The smallest absolute Gasteiger partial charge is 0.262 e. The lowest BCUT2D eigenvalue weighted by atomic mass is 10.1. The zero-order chi connectivity index (χ0) is 25.1. The second kappa shape index (κ2) is 9.62. The number of allylic oxidation sites excluding steroid dienone is 1. The first-order valence-corrected chi connectivity index (χ1v) is 12.4. The Bertz CT molecular complexity index is 1620. The molecule has 0 spiro atoms. The van der Waals surface area contributed by atoms with Crippen LogP contribution in [-0.4, -0.2) is 49.8 Å². The van der Waals surface area contributed by atoms with Crippen LogP contribution >= 0.6 is 0 Å². The van der Waals surface area contributed by atoms with Gasteiger partial charge in [-0.2, -0.15) is 0 Å². The highest BCUT2D eigenvalue weighted by atomic mass is 32.2. The zero-order valence-corrected chi connectivity index (χ0v) is 20.1. The monoisotopic (exact) mass is 502 g/mol. The van der Waals surface area contributed by atoms with Crippen molar-refractivity contribution in [1.29, 1.82) is 0 Å². The van der Waals surface area contributed by atoms with Gasteiger partial charge in [0.15, 0.2) is 11.5 Å². The van der Waals surface area contributed by atoms with E-state index >= 15 is 0 Å². The quantitative estimate of drug-likeness (QED) is 0.383. The number of rotatable bonds is 6. The summed E-state index contributed by atoms with van der Waals surface area (Å²) in [6, 6.07) is 11.8. The Kier molecular flexibility index (Phi) is 6.21. The van der Waals surface area contributed by atoms with E-state index in [0.717, 1.165) is 5.56 Å². The highest BCUT2D eigenvalue weighted by molar-refractivity contribution is 7.92. The van der Waals surface area contributed by atoms with Crippen LogP contribution in [0.4, 0.5) is 5.69 Å². The van der Waals surface area contributed by atoms with Crippen LogP contribution in [0.1, 0.15) is 5.69 Å². The number of benzene rings is 2. The van der Waals surface area contributed by atoms with Crippen molar-refractivity contribution >= 4 is 38.5 Å². The number of nitrogens with one attached hydrogen (secondary N) is 1. The molecular formula is C25H22N6O4S. The second-order valence-electron chi connectivity index (χ2n) is 7.84. The fourth-order valence-corrected chi connectivity index (χ4v) is 4.77. The fraction of sp³-hybridized carbons (Fsp3) is 0.120. The van der Waals surface area contributed by atoms with Gasteiger partial charge in [0.2, 0.25) is 0 Å². The summed E-state index contributed by atoms with van der Waals surface area (Å²) >= 11 is 0. The first-order chi connectivity index (χ1) is 17.5. The molecule has 0 radical (unpaired) electrons. The van der Waals surface area contributed by atoms with E-state index < -0.39 is 10.0 Å². The van der Waals surface area contributed by atoms with Crippen molar-refractivity contribution in [2.45, 2.75) is 4.90 Å². The van der Waals surface area contributed by atoms with E-state index in [2.05, 4.69) is 24.7 Å². The Labute approximate surface area is 207 Å². The van der Waals surface area contributed by atoms with E-state index in [4.69, 9.17) is 15.2 Å². The van der Waals surface area contributed by atoms with Gasteiger partial charge in [0.05, 0.1) is 39.7 Å². The maximum absolute atomic E-state index is 13.0. The average Bonchev–Trinajstić information content (AvgIpc) is 2.90. The molecule has 1 aliphatic heterocycles. The SMILES string of the molecule is CN=CC(=CN)c1cnc2ccc(-c3cncc(NS(=O)(=O)c4ccc5c(c4)OCCO5)c3)cc2n1. The highest BCUT2D eigenvalue weighted by Gasteiger charge is 2.20. The molecule has 2 aromatic heterocycles. The van der Waals surface area contributed by atoms with Crippen molar-refractivity contribution in [3.63, 3.8) is 0 Å². The molecule has 0 amide bonds. The zero-order valence-electron chi connectivity index (χ0n) is 19.2. The van der Waals surface area contributed by atoms with Crippen molar-refractivity contribution < 1.29 is 17.9 Å². The van der Waals surface area contributed by atoms with Crippen molar-refractivity contribution in [1.82, 2.24) is 15.0 Å². The number of anilines is 1. The average molecular weight is 503 g/mol. The van der Waals surface area contributed by atoms with Crippen LogP contribution in [0, 0.1) is 0 Å². The first kappa shape index (κ1) is 23.2. The minimum Gasteiger partial charge on any atom is -0.486 e. The molecular weight excluding hydrogens is 480 g/mol. The summed E-state index contributed by atoms with van der Waals surface area (Å²) < 4.78 is 39.6. The van der Waals surface area contributed by atoms with Crippen LogP contribution in [0.25, 0.3) is 27.7 Å². The number of nitrogens with two attached hydrogens (primary N) is 1. The van der Waals surface area contributed by atoms with Crippen molar-refractivity contribution in [3.8, 4) is 22.6 Å². The van der Waals surface area contributed by atoms with Gasteiger partial charge in [0.1, 0.15) is 13.2 Å². The molecule has 182 valence electrons. The largest absolute Gasteiger partial charge is 0.486 e. The van der Waals surface area contributed by atoms with Gasteiger partial charge in [-0.15, -0.1) is 0 Å². The Morgan fingerprint density at radius 1 is 1.00 bits per heavy atom. The van der Waals surface area contributed by atoms with Gasteiger partial charge in [-0.3, -0.25) is 19.7 Å². The number of fused-ring (bicyclic) bond motifs is 2. The Balaban J connectivity index is 1.44. The summed E-state index contributed by atoms with van der Waals surface area (Å²) in [4.78, 5) is 17.4. The van der Waals surface area contributed by atoms with Gasteiger partial charge in [0.25, 0.3) is 10.0 Å². The Hall–Kier alpha value is -4.51. The number of hydrogen-bond acceptors (Lipinski definition) is 9. The van der Waals surface area contributed by atoms with Gasteiger partial charge < -0.3 is 15.2 Å². The summed E-state index contributed by atoms with van der Waals surface area (Å²) in [5, 5.41) is 0. The topological polar surface area (TPSA) is 142 Å². The number of aromatic nitrogens is 3. The summed E-state index contributed by atoms with van der Waals surface area (Å²) in [7, 11) is -2.23. The van der Waals surface area contributed by atoms with Gasteiger partial charge in [-0.1, -0.05) is 6.07 Å². The lowest BCUT2D eigenvalue weighted by Gasteiger charge is -2.19. The lowest BCUT2D eigenvalue weighted by molar-refractivity contribution is 0.171. The summed E-state index contributed by atoms with van der Waals surface area (Å²) in [6.07, 6.45) is 7.77. The molecule has 5 rings (SSSR count). The highest BCUT2D eigenvalue weighted by Crippen LogP contribution is 2.33. The number of nitrogens with zero attached hydrogens (tertiary/aromatic N) is 4. The van der Waals surface area contributed by atoms with Crippen LogP contribution in [0.15, 0.2) is 77.1 Å². The maximum Gasteiger partial charge on any atom is 0.262 e. The summed E-state index contributed by atoms with van der Waals surface area (Å²) in [6.45, 7) is 0.791. The van der Waals surface area contributed by atoms with Gasteiger partial charge in [-0.05, 0) is 35.9 Å². The minimum atomic E-state index is -3.88. The van der Waals surface area contributed by atoms with E-state index in [0.29, 0.717) is 58.3 Å². The third-order valence-corrected chi connectivity index (χ3v) is 6.81. The van der Waals surface area contributed by atoms with Gasteiger partial charge in [0, 0.05) is 42.9 Å². The third kappa shape index (κ3) is 4.68. The van der Waals surface area contributed by atoms with Crippen LogP contribution in [0.5, 0.6) is 11.5 Å². The van der Waals surface area contributed by atoms with Crippen molar-refractivity contribution in [2.75, 3.05) is 25.0 Å². The molecule has 3 heterocycles. The van der Waals surface area contributed by atoms with Crippen LogP contribution < -0.4 is 19.9 Å². The standard InChI is InChI=1S/C25H22N6O4S/c1-27-12-18(11-26)23-15-29-21-4-2-16(9-22(21)30-23)17-8-19(14-28-13-17)31-36(32,33)20-3-5-24-25(10-20)35-7-6-34-24/h2-5,8-15,31H,6-7,26H2,1H3. The van der Waals surface area contributed by atoms with Crippen LogP contribution in [0.3, 0.4) is 0 Å². The molecule has 11 heteroatoms. The number of sulfonamides is 1. The van der Waals surface area contributed by atoms with E-state index in [1.807, 2.05) is 18.2 Å². The molecule has 0 fully saturated rings. The maximum atomic E-state index is 13.0. The molecule has 0 atom stereocenters. The number of ether oxygens (including phenoxy) is 2. The molecule has 3 N–H and O–H groups in total.